The number of hydrogen-bond donors (Lipinski definition) is 2. The van der Waals surface area contributed by atoms with Gasteiger partial charge in [-0.25, -0.2) is 9.97 Å². The molecule has 0 saturated carbocycles. The number of piperidine rings is 1. The molecule has 2 unspecified atom stereocenters. The smallest absolute Gasteiger partial charge is 0.134 e. The van der Waals surface area contributed by atoms with E-state index in [-0.39, 0.29) is 12.6 Å². The summed E-state index contributed by atoms with van der Waals surface area (Å²) in [5.41, 5.74) is 1.17. The molecule has 8 heteroatoms. The molecule has 8 nitrogen and oxygen atoms in total. The molecule has 2 aromatic rings. The molecule has 0 aromatic carbocycles. The average molecular weight is 359 g/mol. The first kappa shape index (κ1) is 18.6. The van der Waals surface area contributed by atoms with E-state index in [2.05, 4.69) is 44.3 Å². The van der Waals surface area contributed by atoms with Crippen molar-refractivity contribution in [3.05, 3.63) is 30.4 Å². The molecule has 0 radical (unpaired) electrons. The Labute approximate surface area is 154 Å². The number of aliphatic hydroxyl groups is 1. The number of likely N-dealkylation sites (N-methyl/N-ethyl adjacent to an activating group) is 1. The lowest BCUT2D eigenvalue weighted by Crippen LogP contribution is -2.37. The van der Waals surface area contributed by atoms with Gasteiger partial charge in [0.2, 0.25) is 0 Å². The number of aliphatic hydroxyl groups excluding tert-OH is 1. The third kappa shape index (κ3) is 4.50. The molecule has 0 amide bonds. The largest absolute Gasteiger partial charge is 0.396 e. The summed E-state index contributed by atoms with van der Waals surface area (Å²) in [7, 11) is 6.06. The van der Waals surface area contributed by atoms with Gasteiger partial charge in [-0.2, -0.15) is 5.10 Å². The Bertz CT molecular complexity index is 702. The van der Waals surface area contributed by atoms with E-state index < -0.39 is 0 Å². The Balaban J connectivity index is 1.66. The number of anilines is 2. The SMILES string of the molecule is CN(C)C(CNc1cc(N2CCCC(CO)C2)ncn1)c1cnn(C)c1. The number of hydrogen-bond acceptors (Lipinski definition) is 7. The second-order valence-electron chi connectivity index (χ2n) is 7.21. The van der Waals surface area contributed by atoms with Crippen molar-refractivity contribution in [1.29, 1.82) is 0 Å². The van der Waals surface area contributed by atoms with Gasteiger partial charge in [0.05, 0.1) is 12.2 Å². The van der Waals surface area contributed by atoms with E-state index in [0.717, 1.165) is 44.1 Å². The zero-order valence-corrected chi connectivity index (χ0v) is 15.8. The molecule has 1 saturated heterocycles. The Hall–Kier alpha value is -2.19. The van der Waals surface area contributed by atoms with E-state index in [4.69, 9.17) is 0 Å². The summed E-state index contributed by atoms with van der Waals surface area (Å²) < 4.78 is 1.82. The summed E-state index contributed by atoms with van der Waals surface area (Å²) >= 11 is 0. The molecule has 3 rings (SSSR count). The number of nitrogens with one attached hydrogen (secondary N) is 1. The summed E-state index contributed by atoms with van der Waals surface area (Å²) in [6, 6.07) is 2.20. The van der Waals surface area contributed by atoms with Gasteiger partial charge >= 0.3 is 0 Å². The quantitative estimate of drug-likeness (QED) is 0.767. The van der Waals surface area contributed by atoms with Crippen LogP contribution in [0.25, 0.3) is 0 Å². The maximum absolute atomic E-state index is 9.43. The normalized spacial score (nSPS) is 19.0. The molecule has 1 fully saturated rings. The van der Waals surface area contributed by atoms with Crippen LogP contribution in [0, 0.1) is 5.92 Å². The van der Waals surface area contributed by atoms with Gasteiger partial charge in [-0.05, 0) is 32.9 Å². The lowest BCUT2D eigenvalue weighted by molar-refractivity contribution is 0.208. The highest BCUT2D eigenvalue weighted by molar-refractivity contribution is 5.49. The maximum atomic E-state index is 9.43. The van der Waals surface area contributed by atoms with Gasteiger partial charge in [0.25, 0.3) is 0 Å². The number of nitrogens with zero attached hydrogens (tertiary/aromatic N) is 6. The fourth-order valence-corrected chi connectivity index (χ4v) is 3.45. The van der Waals surface area contributed by atoms with Gasteiger partial charge in [0.15, 0.2) is 0 Å². The van der Waals surface area contributed by atoms with Crippen molar-refractivity contribution in [3.63, 3.8) is 0 Å². The van der Waals surface area contributed by atoms with Crippen LogP contribution in [0.4, 0.5) is 11.6 Å². The van der Waals surface area contributed by atoms with Gasteiger partial charge in [-0.3, -0.25) is 4.68 Å². The molecule has 3 heterocycles. The first-order valence-electron chi connectivity index (χ1n) is 9.13. The summed E-state index contributed by atoms with van der Waals surface area (Å²) in [5.74, 6) is 2.07. The molecule has 2 atom stereocenters. The van der Waals surface area contributed by atoms with Crippen LogP contribution in [0.3, 0.4) is 0 Å². The molecule has 0 aliphatic carbocycles. The number of rotatable bonds is 7. The Morgan fingerprint density at radius 3 is 2.92 bits per heavy atom. The van der Waals surface area contributed by atoms with Crippen molar-refractivity contribution in [2.45, 2.75) is 18.9 Å². The highest BCUT2D eigenvalue weighted by Gasteiger charge is 2.21. The van der Waals surface area contributed by atoms with Crippen LogP contribution in [0.2, 0.25) is 0 Å². The van der Waals surface area contributed by atoms with Crippen LogP contribution in [0.5, 0.6) is 0 Å². The van der Waals surface area contributed by atoms with Crippen molar-refractivity contribution in [2.24, 2.45) is 13.0 Å². The molecule has 26 heavy (non-hydrogen) atoms. The van der Waals surface area contributed by atoms with Crippen molar-refractivity contribution in [3.8, 4) is 0 Å². The number of aromatic nitrogens is 4. The van der Waals surface area contributed by atoms with Gasteiger partial charge < -0.3 is 20.2 Å². The summed E-state index contributed by atoms with van der Waals surface area (Å²) in [6.07, 6.45) is 7.72. The van der Waals surface area contributed by atoms with Crippen molar-refractivity contribution in [2.75, 3.05) is 50.6 Å². The molecular weight excluding hydrogens is 330 g/mol. The molecule has 2 aromatic heterocycles. The molecule has 1 aliphatic heterocycles. The van der Waals surface area contributed by atoms with Crippen LogP contribution in [0.15, 0.2) is 24.8 Å². The minimum atomic E-state index is 0.205. The van der Waals surface area contributed by atoms with E-state index in [1.807, 2.05) is 30.2 Å². The molecule has 2 N–H and O–H groups in total. The highest BCUT2D eigenvalue weighted by atomic mass is 16.3. The Morgan fingerprint density at radius 2 is 2.23 bits per heavy atom. The second-order valence-corrected chi connectivity index (χ2v) is 7.21. The van der Waals surface area contributed by atoms with Crippen molar-refractivity contribution < 1.29 is 5.11 Å². The van der Waals surface area contributed by atoms with Crippen LogP contribution in [0.1, 0.15) is 24.4 Å². The minimum Gasteiger partial charge on any atom is -0.396 e. The molecule has 0 spiro atoms. The predicted molar refractivity (Wildman–Crippen MR) is 102 cm³/mol. The van der Waals surface area contributed by atoms with Crippen LogP contribution in [-0.2, 0) is 7.05 Å². The fourth-order valence-electron chi connectivity index (χ4n) is 3.45. The first-order chi connectivity index (χ1) is 12.6. The maximum Gasteiger partial charge on any atom is 0.134 e. The van der Waals surface area contributed by atoms with Gasteiger partial charge in [-0.1, -0.05) is 0 Å². The fraction of sp³-hybridized carbons (Fsp3) is 0.611. The standard InChI is InChI=1S/C18H29N7O/c1-23(2)16(15-8-22-24(3)11-15)9-19-17-7-18(21-13-20-17)25-6-4-5-14(10-25)12-26/h7-8,11,13-14,16,26H,4-6,9-10,12H2,1-3H3,(H,19,20,21). The molecular formula is C18H29N7O. The van der Waals surface area contributed by atoms with Gasteiger partial charge in [0.1, 0.15) is 18.0 Å². The number of aryl methyl sites for hydroxylation is 1. The van der Waals surface area contributed by atoms with E-state index >= 15 is 0 Å². The summed E-state index contributed by atoms with van der Waals surface area (Å²) in [4.78, 5) is 13.2. The van der Waals surface area contributed by atoms with E-state index in [0.29, 0.717) is 5.92 Å². The average Bonchev–Trinajstić information content (AvgIpc) is 3.08. The van der Waals surface area contributed by atoms with E-state index in [1.165, 1.54) is 5.56 Å². The Morgan fingerprint density at radius 1 is 1.38 bits per heavy atom. The van der Waals surface area contributed by atoms with Crippen LogP contribution >= 0.6 is 0 Å². The molecule has 142 valence electrons. The van der Waals surface area contributed by atoms with Crippen LogP contribution < -0.4 is 10.2 Å². The molecule has 1 aliphatic rings. The monoisotopic (exact) mass is 359 g/mol. The van der Waals surface area contributed by atoms with Crippen molar-refractivity contribution >= 4 is 11.6 Å². The third-order valence-corrected chi connectivity index (χ3v) is 4.96. The summed E-state index contributed by atoms with van der Waals surface area (Å²) in [5, 5.41) is 17.1. The lowest BCUT2D eigenvalue weighted by atomic mass is 9.99. The molecule has 0 bridgehead atoms. The summed E-state index contributed by atoms with van der Waals surface area (Å²) in [6.45, 7) is 2.79. The Kier molecular flexibility index (Phi) is 6.05. The van der Waals surface area contributed by atoms with E-state index in [1.54, 1.807) is 6.33 Å². The topological polar surface area (TPSA) is 82.3 Å². The van der Waals surface area contributed by atoms with Crippen molar-refractivity contribution in [1.82, 2.24) is 24.6 Å². The van der Waals surface area contributed by atoms with E-state index in [9.17, 15) is 5.11 Å². The van der Waals surface area contributed by atoms with Crippen LogP contribution in [-0.4, -0.2) is 70.1 Å². The highest BCUT2D eigenvalue weighted by Crippen LogP contribution is 2.23. The predicted octanol–water partition coefficient (Wildman–Crippen LogP) is 1.13. The van der Waals surface area contributed by atoms with Gasteiger partial charge in [-0.15, -0.1) is 0 Å². The zero-order chi connectivity index (χ0) is 18.5. The first-order valence-corrected chi connectivity index (χ1v) is 9.13. The zero-order valence-electron chi connectivity index (χ0n) is 15.8. The lowest BCUT2D eigenvalue weighted by Gasteiger charge is -2.32. The second kappa shape index (κ2) is 8.46. The van der Waals surface area contributed by atoms with Gasteiger partial charge in [0, 0.05) is 51.1 Å². The third-order valence-electron chi connectivity index (χ3n) is 4.96. The minimum absolute atomic E-state index is 0.205.